The van der Waals surface area contributed by atoms with E-state index in [2.05, 4.69) is 10.3 Å². The van der Waals surface area contributed by atoms with Gasteiger partial charge in [-0.1, -0.05) is 65.8 Å². The van der Waals surface area contributed by atoms with Gasteiger partial charge in [-0.2, -0.15) is 0 Å². The summed E-state index contributed by atoms with van der Waals surface area (Å²) in [6.45, 7) is 2.36. The van der Waals surface area contributed by atoms with E-state index in [4.69, 9.17) is 11.6 Å². The van der Waals surface area contributed by atoms with Crippen LogP contribution < -0.4 is 10.9 Å². The number of nitrogens with one attached hydrogen (secondary N) is 1. The molecule has 0 saturated carbocycles. The topological polar surface area (TPSA) is 64.0 Å². The second-order valence-electron chi connectivity index (χ2n) is 7.03. The fourth-order valence-electron chi connectivity index (χ4n) is 3.22. The smallest absolute Gasteiger partial charge is 0.266 e. The molecule has 0 bridgehead atoms. The van der Waals surface area contributed by atoms with Gasteiger partial charge in [-0.15, -0.1) is 0 Å². The van der Waals surface area contributed by atoms with Gasteiger partial charge in [0.05, 0.1) is 22.3 Å². The maximum absolute atomic E-state index is 13.3. The van der Waals surface area contributed by atoms with Crippen LogP contribution in [0.4, 0.5) is 0 Å². The number of benzene rings is 3. The van der Waals surface area contributed by atoms with E-state index >= 15 is 0 Å². The molecule has 0 radical (unpaired) electrons. The van der Waals surface area contributed by atoms with E-state index in [1.165, 1.54) is 11.8 Å². The number of para-hydroxylation sites is 2. The minimum atomic E-state index is -0.149. The first-order chi connectivity index (χ1) is 15.0. The van der Waals surface area contributed by atoms with Crippen molar-refractivity contribution in [1.29, 1.82) is 0 Å². The molecule has 0 atom stereocenters. The summed E-state index contributed by atoms with van der Waals surface area (Å²) >= 11 is 7.14. The predicted molar refractivity (Wildman–Crippen MR) is 126 cm³/mol. The SMILES string of the molecule is Cc1ccccc1-n1c(SCC(=O)NCc2ccc(Cl)cc2)nc2ccccc2c1=O. The number of hydrogen-bond acceptors (Lipinski definition) is 4. The minimum absolute atomic E-state index is 0.140. The van der Waals surface area contributed by atoms with Gasteiger partial charge < -0.3 is 5.32 Å². The van der Waals surface area contributed by atoms with Crippen molar-refractivity contribution < 1.29 is 4.79 Å². The third kappa shape index (κ3) is 4.81. The quantitative estimate of drug-likeness (QED) is 0.340. The number of carbonyl (C=O) groups is 1. The van der Waals surface area contributed by atoms with Gasteiger partial charge in [-0.05, 0) is 48.4 Å². The summed E-state index contributed by atoms with van der Waals surface area (Å²) in [6.07, 6.45) is 0. The van der Waals surface area contributed by atoms with Crippen LogP contribution in [0.15, 0.2) is 82.7 Å². The monoisotopic (exact) mass is 449 g/mol. The van der Waals surface area contributed by atoms with Gasteiger partial charge in [0.25, 0.3) is 5.56 Å². The van der Waals surface area contributed by atoms with Crippen LogP contribution in [0, 0.1) is 6.92 Å². The Balaban J connectivity index is 1.60. The molecular formula is C24H20ClN3O2S. The molecule has 3 aromatic carbocycles. The fourth-order valence-corrected chi connectivity index (χ4v) is 4.18. The zero-order chi connectivity index (χ0) is 21.8. The third-order valence-corrected chi connectivity index (χ3v) is 6.03. The molecule has 5 nitrogen and oxygen atoms in total. The van der Waals surface area contributed by atoms with Gasteiger partial charge in [0.2, 0.25) is 5.91 Å². The molecule has 7 heteroatoms. The Hall–Kier alpha value is -3.09. The molecule has 1 aromatic heterocycles. The Morgan fingerprint density at radius 1 is 1.03 bits per heavy atom. The van der Waals surface area contributed by atoms with E-state index in [0.717, 1.165) is 16.8 Å². The largest absolute Gasteiger partial charge is 0.351 e. The first-order valence-corrected chi connectivity index (χ1v) is 11.1. The van der Waals surface area contributed by atoms with Crippen molar-refractivity contribution in [1.82, 2.24) is 14.9 Å². The number of rotatable bonds is 6. The van der Waals surface area contributed by atoms with E-state index in [1.54, 1.807) is 22.8 Å². The van der Waals surface area contributed by atoms with Gasteiger partial charge >= 0.3 is 0 Å². The number of carbonyl (C=O) groups excluding carboxylic acids is 1. The number of aromatic nitrogens is 2. The van der Waals surface area contributed by atoms with Gasteiger partial charge in [0.1, 0.15) is 0 Å². The lowest BCUT2D eigenvalue weighted by Crippen LogP contribution is -2.26. The van der Waals surface area contributed by atoms with Gasteiger partial charge in [-0.3, -0.25) is 14.2 Å². The van der Waals surface area contributed by atoms with Crippen molar-refractivity contribution >= 4 is 40.2 Å². The van der Waals surface area contributed by atoms with Crippen molar-refractivity contribution in [3.05, 3.63) is 99.3 Å². The predicted octanol–water partition coefficient (Wildman–Crippen LogP) is 4.76. The van der Waals surface area contributed by atoms with E-state index in [9.17, 15) is 9.59 Å². The summed E-state index contributed by atoms with van der Waals surface area (Å²) in [7, 11) is 0. The Labute approximate surface area is 189 Å². The van der Waals surface area contributed by atoms with Crippen LogP contribution in [-0.2, 0) is 11.3 Å². The number of halogens is 1. The second-order valence-corrected chi connectivity index (χ2v) is 8.41. The van der Waals surface area contributed by atoms with Crippen molar-refractivity contribution in [2.45, 2.75) is 18.6 Å². The van der Waals surface area contributed by atoms with Crippen LogP contribution in [-0.4, -0.2) is 21.2 Å². The highest BCUT2D eigenvalue weighted by atomic mass is 35.5. The summed E-state index contributed by atoms with van der Waals surface area (Å²) in [6, 6.07) is 22.2. The zero-order valence-corrected chi connectivity index (χ0v) is 18.4. The van der Waals surface area contributed by atoms with Crippen LogP contribution in [0.1, 0.15) is 11.1 Å². The van der Waals surface area contributed by atoms with Gasteiger partial charge in [0, 0.05) is 11.6 Å². The Morgan fingerprint density at radius 3 is 2.52 bits per heavy atom. The second kappa shape index (κ2) is 9.37. The number of aryl methyl sites for hydroxylation is 1. The highest BCUT2D eigenvalue weighted by molar-refractivity contribution is 7.99. The van der Waals surface area contributed by atoms with Crippen LogP contribution in [0.2, 0.25) is 5.02 Å². The standard InChI is InChI=1S/C24H20ClN3O2S/c1-16-6-2-5-9-21(16)28-23(30)19-7-3-4-8-20(19)27-24(28)31-15-22(29)26-14-17-10-12-18(25)13-11-17/h2-13H,14-15H2,1H3,(H,26,29). The normalized spacial score (nSPS) is 10.9. The number of fused-ring (bicyclic) bond motifs is 1. The molecule has 0 aliphatic carbocycles. The average molecular weight is 450 g/mol. The molecule has 1 amide bonds. The molecule has 1 heterocycles. The van der Waals surface area contributed by atoms with E-state index in [0.29, 0.717) is 27.6 Å². The van der Waals surface area contributed by atoms with Crippen molar-refractivity contribution in [3.8, 4) is 5.69 Å². The Kier molecular flexibility index (Phi) is 6.39. The van der Waals surface area contributed by atoms with Crippen molar-refractivity contribution in [2.24, 2.45) is 0 Å². The molecule has 0 aliphatic heterocycles. The third-order valence-electron chi connectivity index (χ3n) is 4.84. The summed E-state index contributed by atoms with van der Waals surface area (Å²) in [4.78, 5) is 30.4. The lowest BCUT2D eigenvalue weighted by atomic mass is 10.2. The van der Waals surface area contributed by atoms with Gasteiger partial charge in [0.15, 0.2) is 5.16 Å². The summed E-state index contributed by atoms with van der Waals surface area (Å²) in [5, 5.41) is 4.58. The number of hydrogen-bond donors (Lipinski definition) is 1. The first kappa shape index (κ1) is 21.2. The van der Waals surface area contributed by atoms with E-state index in [1.807, 2.05) is 61.5 Å². The van der Waals surface area contributed by atoms with Crippen LogP contribution >= 0.6 is 23.4 Å². The molecule has 0 spiro atoms. The molecule has 0 unspecified atom stereocenters. The summed E-state index contributed by atoms with van der Waals surface area (Å²) in [5.41, 5.74) is 3.14. The highest BCUT2D eigenvalue weighted by Crippen LogP contribution is 2.23. The van der Waals surface area contributed by atoms with E-state index in [-0.39, 0.29) is 17.2 Å². The Bertz CT molecular complexity index is 1300. The summed E-state index contributed by atoms with van der Waals surface area (Å²) < 4.78 is 1.59. The molecule has 0 saturated heterocycles. The van der Waals surface area contributed by atoms with Crippen LogP contribution in [0.3, 0.4) is 0 Å². The number of amides is 1. The molecule has 4 aromatic rings. The zero-order valence-electron chi connectivity index (χ0n) is 16.8. The van der Waals surface area contributed by atoms with E-state index < -0.39 is 0 Å². The molecule has 31 heavy (non-hydrogen) atoms. The first-order valence-electron chi connectivity index (χ1n) is 9.74. The molecule has 0 fully saturated rings. The molecule has 156 valence electrons. The lowest BCUT2D eigenvalue weighted by molar-refractivity contribution is -0.118. The molecule has 1 N–H and O–H groups in total. The van der Waals surface area contributed by atoms with Crippen LogP contribution in [0.25, 0.3) is 16.6 Å². The summed E-state index contributed by atoms with van der Waals surface area (Å²) in [5.74, 6) is 0.00301. The average Bonchev–Trinajstić information content (AvgIpc) is 2.78. The van der Waals surface area contributed by atoms with Crippen molar-refractivity contribution in [2.75, 3.05) is 5.75 Å². The number of nitrogens with zero attached hydrogens (tertiary/aromatic N) is 2. The molecule has 4 rings (SSSR count). The maximum atomic E-state index is 13.3. The van der Waals surface area contributed by atoms with Crippen LogP contribution in [0.5, 0.6) is 0 Å². The molecular weight excluding hydrogens is 430 g/mol. The Morgan fingerprint density at radius 2 is 1.74 bits per heavy atom. The fraction of sp³-hybridized carbons (Fsp3) is 0.125. The lowest BCUT2D eigenvalue weighted by Gasteiger charge is -2.15. The maximum Gasteiger partial charge on any atom is 0.266 e. The van der Waals surface area contributed by atoms with Gasteiger partial charge in [-0.25, -0.2) is 4.98 Å². The minimum Gasteiger partial charge on any atom is -0.351 e. The van der Waals surface area contributed by atoms with Crippen molar-refractivity contribution in [3.63, 3.8) is 0 Å². The number of thioether (sulfide) groups is 1. The molecule has 0 aliphatic rings. The highest BCUT2D eigenvalue weighted by Gasteiger charge is 2.15.